The number of hydrazine groups is 1. The van der Waals surface area contributed by atoms with Crippen molar-refractivity contribution < 1.29 is 8.78 Å². The van der Waals surface area contributed by atoms with Gasteiger partial charge in [0.1, 0.15) is 11.6 Å². The molecule has 2 aromatic carbocycles. The van der Waals surface area contributed by atoms with E-state index in [0.29, 0.717) is 20.6 Å². The number of benzene rings is 2. The van der Waals surface area contributed by atoms with E-state index >= 15 is 0 Å². The van der Waals surface area contributed by atoms with Crippen LogP contribution in [0.5, 0.6) is 0 Å². The standard InChI is InChI=1S/C13H10BrClF2N2/c14-10-5-7(1-4-11(10)16)13(19-18)9-3-2-8(15)6-12(9)17/h1-6,13,19H,18H2. The molecule has 0 aliphatic heterocycles. The summed E-state index contributed by atoms with van der Waals surface area (Å²) in [4.78, 5) is 0. The van der Waals surface area contributed by atoms with Crippen molar-refractivity contribution in [2.45, 2.75) is 6.04 Å². The van der Waals surface area contributed by atoms with Crippen molar-refractivity contribution in [2.24, 2.45) is 5.84 Å². The Kier molecular flexibility index (Phi) is 4.52. The molecule has 2 nitrogen and oxygen atoms in total. The van der Waals surface area contributed by atoms with E-state index in [-0.39, 0.29) is 0 Å². The molecule has 0 radical (unpaired) electrons. The first-order chi connectivity index (χ1) is 9.02. The molecule has 6 heteroatoms. The Morgan fingerprint density at radius 3 is 2.42 bits per heavy atom. The third-order valence-corrected chi connectivity index (χ3v) is 3.56. The molecule has 0 bridgehead atoms. The van der Waals surface area contributed by atoms with Gasteiger partial charge >= 0.3 is 0 Å². The minimum absolute atomic E-state index is 0.291. The molecule has 0 aromatic heterocycles. The van der Waals surface area contributed by atoms with Crippen LogP contribution in [0.3, 0.4) is 0 Å². The number of hydrogen-bond donors (Lipinski definition) is 2. The number of rotatable bonds is 3. The lowest BCUT2D eigenvalue weighted by Crippen LogP contribution is -2.29. The van der Waals surface area contributed by atoms with Gasteiger partial charge in [-0.3, -0.25) is 5.84 Å². The maximum atomic E-state index is 13.9. The zero-order chi connectivity index (χ0) is 14.0. The molecule has 0 saturated heterocycles. The monoisotopic (exact) mass is 346 g/mol. The summed E-state index contributed by atoms with van der Waals surface area (Å²) in [7, 11) is 0. The molecule has 0 fully saturated rings. The molecule has 0 amide bonds. The zero-order valence-electron chi connectivity index (χ0n) is 9.63. The van der Waals surface area contributed by atoms with E-state index in [4.69, 9.17) is 17.4 Å². The van der Waals surface area contributed by atoms with Crippen molar-refractivity contribution in [1.29, 1.82) is 0 Å². The topological polar surface area (TPSA) is 38.0 Å². The lowest BCUT2D eigenvalue weighted by atomic mass is 9.99. The average molecular weight is 348 g/mol. The van der Waals surface area contributed by atoms with E-state index in [0.717, 1.165) is 0 Å². The van der Waals surface area contributed by atoms with Gasteiger partial charge in [-0.1, -0.05) is 23.7 Å². The summed E-state index contributed by atoms with van der Waals surface area (Å²) in [5.74, 6) is 4.60. The van der Waals surface area contributed by atoms with Gasteiger partial charge in [-0.05, 0) is 45.8 Å². The normalized spacial score (nSPS) is 12.5. The first-order valence-electron chi connectivity index (χ1n) is 5.39. The van der Waals surface area contributed by atoms with Gasteiger partial charge in [0.15, 0.2) is 0 Å². The molecule has 0 saturated carbocycles. The first kappa shape index (κ1) is 14.4. The predicted molar refractivity (Wildman–Crippen MR) is 74.7 cm³/mol. The number of halogens is 4. The van der Waals surface area contributed by atoms with Gasteiger partial charge in [0.25, 0.3) is 0 Å². The van der Waals surface area contributed by atoms with E-state index in [2.05, 4.69) is 21.4 Å². The molecule has 2 aromatic rings. The van der Waals surface area contributed by atoms with Crippen molar-refractivity contribution in [3.8, 4) is 0 Å². The summed E-state index contributed by atoms with van der Waals surface area (Å²) in [6.07, 6.45) is 0. The molecule has 1 unspecified atom stereocenters. The molecule has 0 aliphatic carbocycles. The van der Waals surface area contributed by atoms with E-state index in [1.807, 2.05) is 0 Å². The van der Waals surface area contributed by atoms with Gasteiger partial charge in [0.2, 0.25) is 0 Å². The summed E-state index contributed by atoms with van der Waals surface area (Å²) < 4.78 is 27.4. The van der Waals surface area contributed by atoms with Gasteiger partial charge in [-0.2, -0.15) is 0 Å². The molecule has 3 N–H and O–H groups in total. The number of nitrogens with one attached hydrogen (secondary N) is 1. The molecule has 100 valence electrons. The molecule has 0 spiro atoms. The van der Waals surface area contributed by atoms with E-state index in [1.165, 1.54) is 12.1 Å². The lowest BCUT2D eigenvalue weighted by molar-refractivity contribution is 0.558. The van der Waals surface area contributed by atoms with Gasteiger partial charge in [-0.25, -0.2) is 14.2 Å². The highest BCUT2D eigenvalue weighted by Crippen LogP contribution is 2.28. The van der Waals surface area contributed by atoms with Gasteiger partial charge in [0.05, 0.1) is 10.5 Å². The quantitative estimate of drug-likeness (QED) is 0.652. The van der Waals surface area contributed by atoms with Crippen LogP contribution in [-0.4, -0.2) is 0 Å². The van der Waals surface area contributed by atoms with Gasteiger partial charge in [-0.15, -0.1) is 0 Å². The molecule has 0 aliphatic rings. The van der Waals surface area contributed by atoms with Crippen molar-refractivity contribution in [3.63, 3.8) is 0 Å². The Hall–Kier alpha value is -1.01. The highest BCUT2D eigenvalue weighted by molar-refractivity contribution is 9.10. The fourth-order valence-electron chi connectivity index (χ4n) is 1.79. The largest absolute Gasteiger partial charge is 0.271 e. The number of hydrogen-bond acceptors (Lipinski definition) is 2. The Morgan fingerprint density at radius 1 is 1.11 bits per heavy atom. The van der Waals surface area contributed by atoms with Crippen LogP contribution >= 0.6 is 27.5 Å². The SMILES string of the molecule is NNC(c1ccc(F)c(Br)c1)c1ccc(Cl)cc1F. The van der Waals surface area contributed by atoms with Crippen molar-refractivity contribution in [2.75, 3.05) is 0 Å². The minimum Gasteiger partial charge on any atom is -0.271 e. The third kappa shape index (κ3) is 3.12. The second kappa shape index (κ2) is 5.96. The fourth-order valence-corrected chi connectivity index (χ4v) is 2.35. The summed E-state index contributed by atoms with van der Waals surface area (Å²) in [5, 5.41) is 0.303. The minimum atomic E-state index is -0.589. The van der Waals surface area contributed by atoms with E-state index < -0.39 is 17.7 Å². The zero-order valence-corrected chi connectivity index (χ0v) is 12.0. The van der Waals surface area contributed by atoms with Crippen LogP contribution in [0, 0.1) is 11.6 Å². The number of nitrogens with two attached hydrogens (primary N) is 1. The lowest BCUT2D eigenvalue weighted by Gasteiger charge is -2.18. The van der Waals surface area contributed by atoms with Crippen LogP contribution in [0.1, 0.15) is 17.2 Å². The smallest absolute Gasteiger partial charge is 0.137 e. The Bertz CT molecular complexity index is 607. The molecular formula is C13H10BrClF2N2. The van der Waals surface area contributed by atoms with Crippen LogP contribution in [0.4, 0.5) is 8.78 Å². The maximum Gasteiger partial charge on any atom is 0.137 e. The van der Waals surface area contributed by atoms with Crippen LogP contribution in [0.2, 0.25) is 5.02 Å². The molecule has 2 rings (SSSR count). The molecule has 1 atom stereocenters. The molecule has 19 heavy (non-hydrogen) atoms. The fraction of sp³-hybridized carbons (Fsp3) is 0.0769. The molecule has 0 heterocycles. The van der Waals surface area contributed by atoms with Crippen molar-refractivity contribution >= 4 is 27.5 Å². The summed E-state index contributed by atoms with van der Waals surface area (Å²) >= 11 is 8.80. The molecular weight excluding hydrogens is 338 g/mol. The highest BCUT2D eigenvalue weighted by atomic mass is 79.9. The Labute approximate surface area is 122 Å². The highest BCUT2D eigenvalue weighted by Gasteiger charge is 2.17. The van der Waals surface area contributed by atoms with Crippen LogP contribution < -0.4 is 11.3 Å². The average Bonchev–Trinajstić information content (AvgIpc) is 2.37. The van der Waals surface area contributed by atoms with Crippen LogP contribution in [0.25, 0.3) is 0 Å². The van der Waals surface area contributed by atoms with Crippen LogP contribution in [-0.2, 0) is 0 Å². The van der Waals surface area contributed by atoms with E-state index in [1.54, 1.807) is 24.3 Å². The maximum absolute atomic E-state index is 13.9. The van der Waals surface area contributed by atoms with Crippen LogP contribution in [0.15, 0.2) is 40.9 Å². The summed E-state index contributed by atoms with van der Waals surface area (Å²) in [5.41, 5.74) is 3.49. The predicted octanol–water partition coefficient (Wildman–Crippen LogP) is 3.93. The summed E-state index contributed by atoms with van der Waals surface area (Å²) in [6, 6.07) is 8.11. The summed E-state index contributed by atoms with van der Waals surface area (Å²) in [6.45, 7) is 0. The first-order valence-corrected chi connectivity index (χ1v) is 6.56. The van der Waals surface area contributed by atoms with Crippen molar-refractivity contribution in [1.82, 2.24) is 5.43 Å². The Morgan fingerprint density at radius 2 is 1.84 bits per heavy atom. The second-order valence-corrected chi connectivity index (χ2v) is 5.23. The van der Waals surface area contributed by atoms with Crippen molar-refractivity contribution in [3.05, 3.63) is 68.7 Å². The van der Waals surface area contributed by atoms with Gasteiger partial charge in [0, 0.05) is 10.6 Å². The van der Waals surface area contributed by atoms with E-state index in [9.17, 15) is 8.78 Å². The Balaban J connectivity index is 2.46. The second-order valence-electron chi connectivity index (χ2n) is 3.94. The van der Waals surface area contributed by atoms with Gasteiger partial charge < -0.3 is 0 Å². The third-order valence-electron chi connectivity index (χ3n) is 2.72.